The van der Waals surface area contributed by atoms with Gasteiger partial charge < -0.3 is 4.90 Å². The molecule has 0 aliphatic heterocycles. The van der Waals surface area contributed by atoms with Crippen LogP contribution in [0.25, 0.3) is 6.08 Å². The van der Waals surface area contributed by atoms with Crippen LogP contribution in [0.15, 0.2) is 18.2 Å². The highest BCUT2D eigenvalue weighted by molar-refractivity contribution is 7.16. The lowest BCUT2D eigenvalue weighted by Crippen LogP contribution is -2.28. The number of aromatic nitrogens is 2. The van der Waals surface area contributed by atoms with E-state index in [9.17, 15) is 4.79 Å². The number of halogens is 2. The number of carbonyl (C=O) groups excluding carboxylic acids is 1. The largest absolute Gasteiger partial charge is 0.334 e. The molecule has 0 unspecified atom stereocenters. The number of carbonyl (C=O) groups is 1. The lowest BCUT2D eigenvalue weighted by Gasteiger charge is -2.18. The summed E-state index contributed by atoms with van der Waals surface area (Å²) >= 11 is 13.6. The molecule has 0 N–H and O–H groups in total. The molecule has 0 aliphatic carbocycles. The molecule has 7 heteroatoms. The molecule has 0 saturated carbocycles. The molecule has 0 aromatic carbocycles. The Morgan fingerprint density at radius 1 is 1.45 bits per heavy atom. The predicted molar refractivity (Wildman–Crippen MR) is 92.4 cm³/mol. The minimum absolute atomic E-state index is 0.0636. The van der Waals surface area contributed by atoms with Gasteiger partial charge in [0, 0.05) is 30.1 Å². The zero-order chi connectivity index (χ0) is 16.3. The summed E-state index contributed by atoms with van der Waals surface area (Å²) in [6.07, 6.45) is 3.26. The van der Waals surface area contributed by atoms with E-state index in [4.69, 9.17) is 23.2 Å². The topological polar surface area (TPSA) is 38.1 Å². The Hall–Kier alpha value is -1.30. The van der Waals surface area contributed by atoms with Crippen LogP contribution in [0.5, 0.6) is 0 Å². The molecule has 118 valence electrons. The molecule has 0 spiro atoms. The van der Waals surface area contributed by atoms with Crippen molar-refractivity contribution in [2.75, 3.05) is 6.54 Å². The normalized spacial score (nSPS) is 11.3. The maximum atomic E-state index is 12.3. The van der Waals surface area contributed by atoms with Gasteiger partial charge in [-0.3, -0.25) is 9.48 Å². The molecule has 0 saturated heterocycles. The van der Waals surface area contributed by atoms with Crippen molar-refractivity contribution in [3.8, 4) is 0 Å². The van der Waals surface area contributed by atoms with Crippen molar-refractivity contribution in [1.82, 2.24) is 14.7 Å². The summed E-state index contributed by atoms with van der Waals surface area (Å²) in [5.74, 6) is -0.0636. The van der Waals surface area contributed by atoms with E-state index in [1.54, 1.807) is 22.7 Å². The van der Waals surface area contributed by atoms with Gasteiger partial charge >= 0.3 is 0 Å². The second-order valence-electron chi connectivity index (χ2n) is 4.81. The molecule has 0 atom stereocenters. The Morgan fingerprint density at radius 2 is 2.18 bits per heavy atom. The SMILES string of the molecule is CCN(Cc1ccc(Cl)s1)C(=O)/C=C/c1c(C)nn(C)c1Cl. The molecule has 2 heterocycles. The Kier molecular flexibility index (Phi) is 5.67. The number of thiophene rings is 1. The van der Waals surface area contributed by atoms with Crippen LogP contribution in [-0.2, 0) is 18.4 Å². The van der Waals surface area contributed by atoms with E-state index in [1.807, 2.05) is 26.0 Å². The molecule has 1 amide bonds. The van der Waals surface area contributed by atoms with E-state index in [0.717, 1.165) is 20.5 Å². The van der Waals surface area contributed by atoms with Crippen molar-refractivity contribution < 1.29 is 4.79 Å². The molecule has 22 heavy (non-hydrogen) atoms. The van der Waals surface area contributed by atoms with Crippen LogP contribution in [-0.4, -0.2) is 27.1 Å². The van der Waals surface area contributed by atoms with E-state index < -0.39 is 0 Å². The van der Waals surface area contributed by atoms with E-state index in [2.05, 4.69) is 5.10 Å². The van der Waals surface area contributed by atoms with E-state index in [0.29, 0.717) is 18.2 Å². The molecule has 0 bridgehead atoms. The molecule has 0 radical (unpaired) electrons. The van der Waals surface area contributed by atoms with Gasteiger partial charge in [0.25, 0.3) is 0 Å². The number of aryl methyl sites for hydroxylation is 2. The van der Waals surface area contributed by atoms with Crippen molar-refractivity contribution in [2.24, 2.45) is 7.05 Å². The molecule has 2 rings (SSSR count). The molecule has 2 aromatic heterocycles. The third-order valence-corrected chi connectivity index (χ3v) is 4.92. The molecule has 0 fully saturated rings. The standard InChI is InChI=1S/C15H17Cl2N3OS/c1-4-20(9-11-5-7-13(16)22-11)14(21)8-6-12-10(2)18-19(3)15(12)17/h5-8H,4,9H2,1-3H3/b8-6+. The summed E-state index contributed by atoms with van der Waals surface area (Å²) in [6.45, 7) is 4.99. The van der Waals surface area contributed by atoms with Crippen molar-refractivity contribution in [1.29, 1.82) is 0 Å². The van der Waals surface area contributed by atoms with Gasteiger partial charge in [0.05, 0.1) is 16.6 Å². The van der Waals surface area contributed by atoms with E-state index in [-0.39, 0.29) is 5.91 Å². The zero-order valence-electron chi connectivity index (χ0n) is 12.6. The Bertz CT molecular complexity index is 706. The molecular weight excluding hydrogens is 341 g/mol. The third kappa shape index (κ3) is 3.91. The summed E-state index contributed by atoms with van der Waals surface area (Å²) in [5, 5.41) is 4.74. The smallest absolute Gasteiger partial charge is 0.246 e. The Balaban J connectivity index is 2.10. The van der Waals surface area contributed by atoms with Gasteiger partial charge in [0.1, 0.15) is 5.15 Å². The highest BCUT2D eigenvalue weighted by Gasteiger charge is 2.12. The molecule has 2 aromatic rings. The number of nitrogens with zero attached hydrogens (tertiary/aromatic N) is 3. The lowest BCUT2D eigenvalue weighted by atomic mass is 10.2. The van der Waals surface area contributed by atoms with Crippen LogP contribution in [0.3, 0.4) is 0 Å². The average Bonchev–Trinajstić information content (AvgIpc) is 2.98. The summed E-state index contributed by atoms with van der Waals surface area (Å²) < 4.78 is 2.32. The highest BCUT2D eigenvalue weighted by Crippen LogP contribution is 2.23. The number of likely N-dealkylation sites (N-methyl/N-ethyl adjacent to an activating group) is 1. The van der Waals surface area contributed by atoms with Gasteiger partial charge in [0.15, 0.2) is 0 Å². The Morgan fingerprint density at radius 3 is 2.68 bits per heavy atom. The van der Waals surface area contributed by atoms with Crippen molar-refractivity contribution in [3.05, 3.63) is 43.8 Å². The maximum Gasteiger partial charge on any atom is 0.246 e. The number of amides is 1. The van der Waals surface area contributed by atoms with E-state index >= 15 is 0 Å². The van der Waals surface area contributed by atoms with Crippen LogP contribution >= 0.6 is 34.5 Å². The average molecular weight is 358 g/mol. The maximum absolute atomic E-state index is 12.3. The van der Waals surface area contributed by atoms with Gasteiger partial charge in [-0.15, -0.1) is 11.3 Å². The fraction of sp³-hybridized carbons (Fsp3) is 0.333. The highest BCUT2D eigenvalue weighted by atomic mass is 35.5. The number of rotatable bonds is 5. The van der Waals surface area contributed by atoms with Gasteiger partial charge in [0.2, 0.25) is 5.91 Å². The molecule has 0 aliphatic rings. The molecular formula is C15H17Cl2N3OS. The first-order valence-electron chi connectivity index (χ1n) is 6.82. The quantitative estimate of drug-likeness (QED) is 0.753. The van der Waals surface area contributed by atoms with Gasteiger partial charge in [-0.2, -0.15) is 5.10 Å². The fourth-order valence-corrected chi connectivity index (χ4v) is 3.41. The minimum atomic E-state index is -0.0636. The Labute approximate surface area is 143 Å². The van der Waals surface area contributed by atoms with Crippen molar-refractivity contribution >= 4 is 46.5 Å². The van der Waals surface area contributed by atoms with Crippen LogP contribution in [0.1, 0.15) is 23.1 Å². The van der Waals surface area contributed by atoms with Crippen molar-refractivity contribution in [2.45, 2.75) is 20.4 Å². The van der Waals surface area contributed by atoms with Crippen LogP contribution in [0, 0.1) is 6.92 Å². The number of hydrogen-bond donors (Lipinski definition) is 0. The third-order valence-electron chi connectivity index (χ3n) is 3.26. The van der Waals surface area contributed by atoms with Crippen LogP contribution in [0.4, 0.5) is 0 Å². The van der Waals surface area contributed by atoms with Crippen molar-refractivity contribution in [3.63, 3.8) is 0 Å². The van der Waals surface area contributed by atoms with Crippen LogP contribution < -0.4 is 0 Å². The minimum Gasteiger partial charge on any atom is -0.334 e. The monoisotopic (exact) mass is 357 g/mol. The summed E-state index contributed by atoms with van der Waals surface area (Å²) in [5.41, 5.74) is 1.57. The second-order valence-corrected chi connectivity index (χ2v) is 6.96. The summed E-state index contributed by atoms with van der Waals surface area (Å²) in [4.78, 5) is 15.1. The first-order chi connectivity index (χ1) is 10.4. The van der Waals surface area contributed by atoms with Crippen LogP contribution in [0.2, 0.25) is 9.49 Å². The lowest BCUT2D eigenvalue weighted by molar-refractivity contribution is -0.126. The van der Waals surface area contributed by atoms with Gasteiger partial charge in [-0.25, -0.2) is 0 Å². The van der Waals surface area contributed by atoms with Gasteiger partial charge in [-0.1, -0.05) is 23.2 Å². The summed E-state index contributed by atoms with van der Waals surface area (Å²) in [7, 11) is 1.77. The predicted octanol–water partition coefficient (Wildman–Crippen LogP) is 4.16. The second kappa shape index (κ2) is 7.31. The fourth-order valence-electron chi connectivity index (χ4n) is 2.07. The summed E-state index contributed by atoms with van der Waals surface area (Å²) in [6, 6.07) is 3.78. The first-order valence-corrected chi connectivity index (χ1v) is 8.40. The number of hydrogen-bond acceptors (Lipinski definition) is 3. The van der Waals surface area contributed by atoms with Gasteiger partial charge in [-0.05, 0) is 32.1 Å². The first kappa shape index (κ1) is 17.1. The molecule has 4 nitrogen and oxygen atoms in total. The zero-order valence-corrected chi connectivity index (χ0v) is 15.0. The van der Waals surface area contributed by atoms with E-state index in [1.165, 1.54) is 17.4 Å².